The Morgan fingerprint density at radius 1 is 1.44 bits per heavy atom. The van der Waals surface area contributed by atoms with Gasteiger partial charge in [0, 0.05) is 12.5 Å². The fourth-order valence-corrected chi connectivity index (χ4v) is 1.36. The topological polar surface area (TPSA) is 74.2 Å². The van der Waals surface area contributed by atoms with Crippen molar-refractivity contribution in [3.8, 4) is 17.1 Å². The molecule has 0 aliphatic rings. The Bertz CT molecular complexity index is 537. The van der Waals surface area contributed by atoms with Gasteiger partial charge in [0.1, 0.15) is 5.75 Å². The van der Waals surface area contributed by atoms with Crippen LogP contribution in [-0.2, 0) is 6.54 Å². The summed E-state index contributed by atoms with van der Waals surface area (Å²) < 4.78 is 34.7. The van der Waals surface area contributed by atoms with E-state index in [-0.39, 0.29) is 24.0 Å². The van der Waals surface area contributed by atoms with Crippen molar-refractivity contribution in [1.29, 1.82) is 0 Å². The third kappa shape index (κ3) is 3.01. The van der Waals surface area contributed by atoms with E-state index in [9.17, 15) is 8.78 Å². The maximum absolute atomic E-state index is 12.7. The lowest BCUT2D eigenvalue weighted by atomic mass is 10.2. The van der Waals surface area contributed by atoms with Gasteiger partial charge < -0.3 is 15.0 Å². The minimum Gasteiger partial charge on any atom is -0.433 e. The zero-order chi connectivity index (χ0) is 13.2. The van der Waals surface area contributed by atoms with Gasteiger partial charge in [-0.3, -0.25) is 0 Å². The molecule has 0 amide bonds. The van der Waals surface area contributed by atoms with Gasteiger partial charge in [0.15, 0.2) is 0 Å². The number of hydrogen-bond donors (Lipinski definition) is 1. The van der Waals surface area contributed by atoms with Crippen LogP contribution in [0.1, 0.15) is 12.8 Å². The van der Waals surface area contributed by atoms with Gasteiger partial charge in [-0.05, 0) is 12.1 Å². The Kier molecular flexibility index (Phi) is 3.24. The van der Waals surface area contributed by atoms with Gasteiger partial charge >= 0.3 is 6.11 Å². The zero-order valence-electron chi connectivity index (χ0n) is 9.56. The monoisotopic (exact) mass is 255 g/mol. The first-order valence-corrected chi connectivity index (χ1v) is 5.18. The highest BCUT2D eigenvalue weighted by atomic mass is 19.3. The Labute approximate surface area is 102 Å². The summed E-state index contributed by atoms with van der Waals surface area (Å²) >= 11 is 0. The molecule has 0 bridgehead atoms. The summed E-state index contributed by atoms with van der Waals surface area (Å²) in [5, 5.41) is 3.69. The molecule has 7 heteroatoms. The molecule has 2 aromatic rings. The summed E-state index contributed by atoms with van der Waals surface area (Å²) in [4.78, 5) is 3.99. The van der Waals surface area contributed by atoms with Crippen LogP contribution in [0.25, 0.3) is 11.4 Å². The molecule has 0 aliphatic heterocycles. The molecule has 0 unspecified atom stereocenters. The van der Waals surface area contributed by atoms with Gasteiger partial charge in [-0.25, -0.2) is 0 Å². The molecular formula is C11H11F2N3O2. The second-order valence-corrected chi connectivity index (χ2v) is 3.65. The van der Waals surface area contributed by atoms with E-state index in [2.05, 4.69) is 14.9 Å². The Morgan fingerprint density at radius 2 is 2.22 bits per heavy atom. The van der Waals surface area contributed by atoms with E-state index in [0.717, 1.165) is 0 Å². The summed E-state index contributed by atoms with van der Waals surface area (Å²) in [6, 6.07) is 6.05. The van der Waals surface area contributed by atoms with Gasteiger partial charge in [-0.15, -0.1) is 0 Å². The average molecular weight is 255 g/mol. The van der Waals surface area contributed by atoms with E-state index in [4.69, 9.17) is 10.3 Å². The Hall–Kier alpha value is -2.02. The van der Waals surface area contributed by atoms with E-state index in [0.29, 0.717) is 12.5 Å². The zero-order valence-corrected chi connectivity index (χ0v) is 9.56. The molecule has 1 aromatic heterocycles. The normalized spacial score (nSPS) is 11.6. The highest BCUT2D eigenvalue weighted by Gasteiger charge is 2.23. The molecule has 1 heterocycles. The number of ether oxygens (including phenoxy) is 1. The second-order valence-electron chi connectivity index (χ2n) is 3.65. The molecule has 1 aromatic carbocycles. The smallest absolute Gasteiger partial charge is 0.394 e. The van der Waals surface area contributed by atoms with E-state index in [1.165, 1.54) is 12.1 Å². The lowest BCUT2D eigenvalue weighted by Gasteiger charge is -2.12. The second kappa shape index (κ2) is 4.69. The Balaban J connectivity index is 2.26. The van der Waals surface area contributed by atoms with Gasteiger partial charge in [-0.1, -0.05) is 17.3 Å². The molecule has 0 saturated heterocycles. The van der Waals surface area contributed by atoms with Gasteiger partial charge in [0.25, 0.3) is 0 Å². The predicted octanol–water partition coefficient (Wildman–Crippen LogP) is 2.19. The van der Waals surface area contributed by atoms with Gasteiger partial charge in [0.05, 0.1) is 6.54 Å². The maximum Gasteiger partial charge on any atom is 0.394 e. The van der Waals surface area contributed by atoms with Crippen molar-refractivity contribution in [2.24, 2.45) is 5.73 Å². The minimum absolute atomic E-state index is 0.0269. The van der Waals surface area contributed by atoms with Crippen LogP contribution in [0, 0.1) is 0 Å². The molecule has 0 radical (unpaired) electrons. The number of alkyl halides is 2. The van der Waals surface area contributed by atoms with Crippen LogP contribution in [0.3, 0.4) is 0 Å². The highest BCUT2D eigenvalue weighted by Crippen LogP contribution is 2.25. The molecule has 0 aliphatic carbocycles. The fraction of sp³-hybridized carbons (Fsp3) is 0.273. The van der Waals surface area contributed by atoms with Crippen molar-refractivity contribution in [3.05, 3.63) is 30.2 Å². The van der Waals surface area contributed by atoms with Crippen molar-refractivity contribution >= 4 is 0 Å². The molecule has 2 rings (SSSR count). The van der Waals surface area contributed by atoms with E-state index < -0.39 is 6.11 Å². The fourth-order valence-electron chi connectivity index (χ4n) is 1.36. The van der Waals surface area contributed by atoms with Crippen LogP contribution in [0.2, 0.25) is 0 Å². The first-order valence-electron chi connectivity index (χ1n) is 5.18. The number of rotatable bonds is 4. The molecule has 18 heavy (non-hydrogen) atoms. The van der Waals surface area contributed by atoms with Gasteiger partial charge in [-0.2, -0.15) is 13.8 Å². The summed E-state index contributed by atoms with van der Waals surface area (Å²) in [6.07, 6.45) is -3.24. The largest absolute Gasteiger partial charge is 0.433 e. The summed E-state index contributed by atoms with van der Waals surface area (Å²) in [5.74, 6) is 0.580. The third-order valence-corrected chi connectivity index (χ3v) is 2.03. The van der Waals surface area contributed by atoms with Crippen LogP contribution in [0.4, 0.5) is 8.78 Å². The van der Waals surface area contributed by atoms with E-state index >= 15 is 0 Å². The highest BCUT2D eigenvalue weighted by molar-refractivity contribution is 5.56. The summed E-state index contributed by atoms with van der Waals surface area (Å²) in [6.45, 7) is 0.788. The van der Waals surface area contributed by atoms with Crippen molar-refractivity contribution in [2.75, 3.05) is 0 Å². The molecule has 0 saturated carbocycles. The minimum atomic E-state index is -3.24. The summed E-state index contributed by atoms with van der Waals surface area (Å²) in [7, 11) is 0. The lowest BCUT2D eigenvalue weighted by Crippen LogP contribution is -2.19. The molecule has 0 atom stereocenters. The van der Waals surface area contributed by atoms with Crippen LogP contribution < -0.4 is 10.5 Å². The maximum atomic E-state index is 12.7. The van der Waals surface area contributed by atoms with Crippen molar-refractivity contribution < 1.29 is 18.0 Å². The van der Waals surface area contributed by atoms with Crippen LogP contribution >= 0.6 is 0 Å². The average Bonchev–Trinajstić information content (AvgIpc) is 2.75. The van der Waals surface area contributed by atoms with Crippen molar-refractivity contribution in [2.45, 2.75) is 19.6 Å². The van der Waals surface area contributed by atoms with Crippen molar-refractivity contribution in [1.82, 2.24) is 10.1 Å². The van der Waals surface area contributed by atoms with Crippen LogP contribution in [-0.4, -0.2) is 16.2 Å². The molecule has 0 spiro atoms. The number of nitrogens with two attached hydrogens (primary N) is 1. The number of halogens is 2. The first kappa shape index (κ1) is 12.4. The van der Waals surface area contributed by atoms with Gasteiger partial charge in [0.2, 0.25) is 11.7 Å². The van der Waals surface area contributed by atoms with Crippen molar-refractivity contribution in [3.63, 3.8) is 0 Å². The van der Waals surface area contributed by atoms with Crippen LogP contribution in [0.15, 0.2) is 28.8 Å². The predicted molar refractivity (Wildman–Crippen MR) is 58.9 cm³/mol. The molecule has 5 nitrogen and oxygen atoms in total. The lowest BCUT2D eigenvalue weighted by molar-refractivity contribution is -0.158. The quantitative estimate of drug-likeness (QED) is 0.906. The van der Waals surface area contributed by atoms with E-state index in [1.807, 2.05) is 0 Å². The SMILES string of the molecule is CC(F)(F)Oc1cccc(-c2noc(CN)n2)c1. The molecule has 2 N–H and O–H groups in total. The number of hydrogen-bond acceptors (Lipinski definition) is 5. The third-order valence-electron chi connectivity index (χ3n) is 2.03. The standard InChI is InChI=1S/C11H11F2N3O2/c1-11(12,13)17-8-4-2-3-7(5-8)10-15-9(6-14)18-16-10/h2-5H,6,14H2,1H3. The van der Waals surface area contributed by atoms with Crippen LogP contribution in [0.5, 0.6) is 5.75 Å². The molecule has 0 fully saturated rings. The number of benzene rings is 1. The number of aromatic nitrogens is 2. The number of nitrogens with zero attached hydrogens (tertiary/aromatic N) is 2. The first-order chi connectivity index (χ1) is 8.48. The molecular weight excluding hydrogens is 244 g/mol. The summed E-state index contributed by atoms with van der Waals surface area (Å²) in [5.41, 5.74) is 5.85. The Morgan fingerprint density at radius 3 is 2.83 bits per heavy atom. The molecule has 96 valence electrons. The van der Waals surface area contributed by atoms with E-state index in [1.54, 1.807) is 12.1 Å².